The highest BCUT2D eigenvalue weighted by atomic mass is 16.7. The van der Waals surface area contributed by atoms with Crippen molar-refractivity contribution in [2.24, 2.45) is 0 Å². The Morgan fingerprint density at radius 3 is 0.958 bits per heavy atom. The minimum absolute atomic E-state index is 0.205. The van der Waals surface area contributed by atoms with Gasteiger partial charge in [-0.15, -0.1) is 0 Å². The zero-order valence-electron chi connectivity index (χ0n) is 25.4. The monoisotopic (exact) mass is 654 g/mol. The van der Waals surface area contributed by atoms with E-state index in [1.165, 1.54) is 0 Å². The number of hydrogen-bond acceptors (Lipinski definition) is 15. The van der Waals surface area contributed by atoms with Crippen LogP contribution in [0.2, 0.25) is 0 Å². The molecule has 3 N–H and O–H groups in total. The van der Waals surface area contributed by atoms with Gasteiger partial charge < -0.3 is 44.4 Å². The van der Waals surface area contributed by atoms with Gasteiger partial charge >= 0.3 is 17.9 Å². The van der Waals surface area contributed by atoms with Crippen molar-refractivity contribution in [2.45, 2.75) is 0 Å². The van der Waals surface area contributed by atoms with Crippen LogP contribution >= 0.6 is 0 Å². The van der Waals surface area contributed by atoms with Crippen molar-refractivity contribution in [2.75, 3.05) is 36.3 Å². The van der Waals surface area contributed by atoms with Crippen LogP contribution in [0.5, 0.6) is 17.2 Å². The molecule has 15 heteroatoms. The van der Waals surface area contributed by atoms with Crippen LogP contribution in [0.15, 0.2) is 111 Å². The fourth-order valence-corrected chi connectivity index (χ4v) is 3.48. The third kappa shape index (κ3) is 11.2. The largest absolute Gasteiger partial charge is 0.457 e. The van der Waals surface area contributed by atoms with Gasteiger partial charge in [0.15, 0.2) is 0 Å². The van der Waals surface area contributed by atoms with Crippen LogP contribution in [0.4, 0.5) is 34.9 Å². The molecule has 15 nitrogen and oxygen atoms in total. The Balaban J connectivity index is 1.47. The Labute approximate surface area is 274 Å². The van der Waals surface area contributed by atoms with E-state index in [1.54, 1.807) is 72.8 Å². The van der Waals surface area contributed by atoms with Crippen LogP contribution in [0, 0.1) is 0 Å². The number of ether oxygens (including phenoxy) is 6. The van der Waals surface area contributed by atoms with E-state index in [0.717, 1.165) is 18.2 Å². The molecule has 0 aliphatic carbocycles. The number of carbonyl (C=O) groups excluding carboxylic acids is 3. The van der Waals surface area contributed by atoms with Gasteiger partial charge in [0, 0.05) is 35.3 Å². The molecule has 246 valence electrons. The van der Waals surface area contributed by atoms with E-state index in [0.29, 0.717) is 34.3 Å². The molecule has 3 aromatic carbocycles. The highest BCUT2D eigenvalue weighted by Crippen LogP contribution is 2.24. The van der Waals surface area contributed by atoms with Crippen LogP contribution in [-0.2, 0) is 28.6 Å². The summed E-state index contributed by atoms with van der Waals surface area (Å²) >= 11 is 0. The smallest absolute Gasteiger partial charge is 0.333 e. The molecule has 0 aliphatic heterocycles. The van der Waals surface area contributed by atoms with E-state index < -0.39 is 17.9 Å². The van der Waals surface area contributed by atoms with Crippen molar-refractivity contribution in [1.82, 2.24) is 15.0 Å². The molecule has 0 atom stereocenters. The fraction of sp³-hybridized carbons (Fsp3) is 0.0909. The van der Waals surface area contributed by atoms with E-state index in [-0.39, 0.29) is 38.2 Å². The first kappa shape index (κ1) is 34.0. The number of esters is 3. The topological polar surface area (TPSA) is 181 Å². The molecule has 0 aliphatic rings. The maximum atomic E-state index is 11.2. The molecule has 0 radical (unpaired) electrons. The van der Waals surface area contributed by atoms with Gasteiger partial charge in [0.25, 0.3) is 0 Å². The Morgan fingerprint density at radius 2 is 0.729 bits per heavy atom. The molecule has 48 heavy (non-hydrogen) atoms. The number of carbonyl (C=O) groups is 3. The number of hydrogen-bond donors (Lipinski definition) is 3. The summed E-state index contributed by atoms with van der Waals surface area (Å²) in [5, 5.41) is 9.38. The first-order valence-electron chi connectivity index (χ1n) is 14.0. The summed E-state index contributed by atoms with van der Waals surface area (Å²) in [6.07, 6.45) is 3.13. The summed E-state index contributed by atoms with van der Waals surface area (Å²) in [7, 11) is 0. The predicted octanol–water partition coefficient (Wildman–Crippen LogP) is 5.30. The molecule has 0 amide bonds. The van der Waals surface area contributed by atoms with Crippen LogP contribution in [0.25, 0.3) is 0 Å². The van der Waals surface area contributed by atoms with E-state index in [1.807, 2.05) is 0 Å². The van der Waals surface area contributed by atoms with Crippen LogP contribution in [0.1, 0.15) is 0 Å². The number of benzene rings is 3. The Morgan fingerprint density at radius 1 is 0.479 bits per heavy atom. The third-order valence-corrected chi connectivity index (χ3v) is 5.75. The van der Waals surface area contributed by atoms with Gasteiger partial charge in [-0.1, -0.05) is 19.7 Å². The molecular weight excluding hydrogens is 624 g/mol. The van der Waals surface area contributed by atoms with Crippen molar-refractivity contribution < 1.29 is 42.8 Å². The maximum absolute atomic E-state index is 11.2. The second kappa shape index (κ2) is 17.6. The average Bonchev–Trinajstić information content (AvgIpc) is 3.10. The predicted molar refractivity (Wildman–Crippen MR) is 174 cm³/mol. The molecule has 0 unspecified atom stereocenters. The summed E-state index contributed by atoms with van der Waals surface area (Å²) in [6, 6.07) is 20.4. The van der Waals surface area contributed by atoms with E-state index in [2.05, 4.69) is 50.6 Å². The summed E-state index contributed by atoms with van der Waals surface area (Å²) in [6.45, 7) is 9.21. The van der Waals surface area contributed by atoms with Gasteiger partial charge in [0.1, 0.15) is 17.2 Å². The lowest BCUT2D eigenvalue weighted by Crippen LogP contribution is -2.09. The summed E-state index contributed by atoms with van der Waals surface area (Å²) < 4.78 is 30.7. The Bertz CT molecular complexity index is 1510. The lowest BCUT2D eigenvalue weighted by atomic mass is 10.3. The molecule has 0 saturated heterocycles. The van der Waals surface area contributed by atoms with Crippen molar-refractivity contribution in [1.29, 1.82) is 0 Å². The van der Waals surface area contributed by atoms with Crippen LogP contribution < -0.4 is 30.2 Å². The lowest BCUT2D eigenvalue weighted by Gasteiger charge is -2.13. The van der Waals surface area contributed by atoms with Gasteiger partial charge in [0.05, 0.1) is 0 Å². The number of anilines is 6. The van der Waals surface area contributed by atoms with Gasteiger partial charge in [0.2, 0.25) is 38.2 Å². The van der Waals surface area contributed by atoms with Crippen LogP contribution in [0.3, 0.4) is 0 Å². The quantitative estimate of drug-likeness (QED) is 0.0544. The number of aromatic nitrogens is 3. The molecular formula is C33H30N6O9. The van der Waals surface area contributed by atoms with E-state index in [9.17, 15) is 14.4 Å². The maximum Gasteiger partial charge on any atom is 0.333 e. The SMILES string of the molecule is C=CC(=O)OCOc1ccc(Nc2nc(Nc3ccc(OCOC(=O)C=C)cc3)nc(Nc3ccc(OCOC(=O)C=C)cc3)n2)cc1. The zero-order chi connectivity index (χ0) is 34.1. The molecule has 4 aromatic rings. The second-order valence-electron chi connectivity index (χ2n) is 9.04. The Kier molecular flexibility index (Phi) is 12.4. The van der Waals surface area contributed by atoms with Crippen molar-refractivity contribution in [3.63, 3.8) is 0 Å². The fourth-order valence-electron chi connectivity index (χ4n) is 3.48. The standard InChI is InChI=1S/C33H30N6O9/c1-4-28(40)46-19-43-25-13-7-22(8-14-25)34-31-37-32(35-23-9-15-26(16-10-23)44-20-47-29(41)5-2)39-33(38-31)36-24-11-17-27(18-12-24)45-21-48-30(42)6-3/h4-18H,1-3,19-21H2,(H3,34,35,36,37,38,39). The lowest BCUT2D eigenvalue weighted by molar-refractivity contribution is -0.145. The average molecular weight is 655 g/mol. The molecule has 1 aromatic heterocycles. The van der Waals surface area contributed by atoms with Gasteiger partial charge in [-0.3, -0.25) is 0 Å². The summed E-state index contributed by atoms with van der Waals surface area (Å²) in [5.74, 6) is 0.238. The van der Waals surface area contributed by atoms with E-state index in [4.69, 9.17) is 28.4 Å². The van der Waals surface area contributed by atoms with Gasteiger partial charge in [-0.2, -0.15) is 15.0 Å². The van der Waals surface area contributed by atoms with Crippen molar-refractivity contribution in [3.05, 3.63) is 111 Å². The first-order chi connectivity index (χ1) is 23.3. The molecule has 0 saturated carbocycles. The first-order valence-corrected chi connectivity index (χ1v) is 14.0. The zero-order valence-corrected chi connectivity index (χ0v) is 25.4. The normalized spacial score (nSPS) is 10.0. The van der Waals surface area contributed by atoms with Crippen LogP contribution in [-0.4, -0.2) is 53.2 Å². The number of nitrogens with zero attached hydrogens (tertiary/aromatic N) is 3. The molecule has 0 spiro atoms. The number of nitrogens with one attached hydrogen (secondary N) is 3. The number of rotatable bonds is 18. The van der Waals surface area contributed by atoms with Gasteiger partial charge in [-0.25, -0.2) is 14.4 Å². The van der Waals surface area contributed by atoms with E-state index >= 15 is 0 Å². The molecule has 4 rings (SSSR count). The highest BCUT2D eigenvalue weighted by Gasteiger charge is 2.10. The van der Waals surface area contributed by atoms with Gasteiger partial charge in [-0.05, 0) is 72.8 Å². The minimum Gasteiger partial charge on any atom is -0.457 e. The van der Waals surface area contributed by atoms with Crippen molar-refractivity contribution >= 4 is 52.8 Å². The minimum atomic E-state index is -0.594. The second-order valence-corrected chi connectivity index (χ2v) is 9.04. The third-order valence-electron chi connectivity index (χ3n) is 5.75. The van der Waals surface area contributed by atoms with Crippen molar-refractivity contribution in [3.8, 4) is 17.2 Å². The Hall–Kier alpha value is -6.90. The highest BCUT2D eigenvalue weighted by molar-refractivity contribution is 5.81. The molecule has 0 bridgehead atoms. The summed E-state index contributed by atoms with van der Waals surface area (Å²) in [4.78, 5) is 47.1. The molecule has 1 heterocycles. The molecule has 0 fully saturated rings. The summed E-state index contributed by atoms with van der Waals surface area (Å²) in [5.41, 5.74) is 1.89.